The average Bonchev–Trinajstić information content (AvgIpc) is 3.01. The van der Waals surface area contributed by atoms with Crippen LogP contribution in [0.2, 0.25) is 0 Å². The van der Waals surface area contributed by atoms with Gasteiger partial charge in [0.15, 0.2) is 0 Å². The molecule has 0 aliphatic heterocycles. The second-order valence-electron chi connectivity index (χ2n) is 7.53. The maximum absolute atomic E-state index is 13.3. The first-order chi connectivity index (χ1) is 12.7. The van der Waals surface area contributed by atoms with Crippen molar-refractivity contribution in [3.05, 3.63) is 59.7 Å². The molecule has 0 N–H and O–H groups in total. The molecule has 5 heteroatoms. The molecule has 2 aromatic rings. The Labute approximate surface area is 160 Å². The number of carbonyl (C=O) groups is 1. The van der Waals surface area contributed by atoms with Gasteiger partial charge >= 0.3 is 0 Å². The van der Waals surface area contributed by atoms with Gasteiger partial charge in [0.1, 0.15) is 5.78 Å². The Balaban J connectivity index is 2.17. The van der Waals surface area contributed by atoms with Gasteiger partial charge in [-0.05, 0) is 49.9 Å². The quantitative estimate of drug-likeness (QED) is 0.794. The Kier molecular flexibility index (Phi) is 4.96. The maximum Gasteiger partial charge on any atom is 0.206 e. The first-order valence-corrected chi connectivity index (χ1v) is 10.6. The predicted octanol–water partition coefficient (Wildman–Crippen LogP) is 4.22. The van der Waals surface area contributed by atoms with Gasteiger partial charge in [-0.1, -0.05) is 42.8 Å². The lowest BCUT2D eigenvalue weighted by molar-refractivity contribution is -0.121. The van der Waals surface area contributed by atoms with Crippen LogP contribution < -0.4 is 0 Å². The van der Waals surface area contributed by atoms with Crippen molar-refractivity contribution in [2.45, 2.75) is 48.8 Å². The summed E-state index contributed by atoms with van der Waals surface area (Å²) in [6.45, 7) is 5.50. The van der Waals surface area contributed by atoms with Crippen molar-refractivity contribution >= 4 is 15.6 Å². The van der Waals surface area contributed by atoms with E-state index in [-0.39, 0.29) is 27.4 Å². The Morgan fingerprint density at radius 2 is 1.74 bits per heavy atom. The van der Waals surface area contributed by atoms with Crippen LogP contribution in [0, 0.1) is 30.1 Å². The molecule has 2 aromatic carbocycles. The number of sulfone groups is 1. The van der Waals surface area contributed by atoms with E-state index in [0.29, 0.717) is 18.4 Å². The molecule has 27 heavy (non-hydrogen) atoms. The Morgan fingerprint density at radius 1 is 1.11 bits per heavy atom. The number of rotatable bonds is 4. The number of Topliss-reactive ketones (excluding diaryl/α,β-unsaturated/α-hetero) is 1. The molecule has 1 saturated carbocycles. The molecule has 0 aromatic heterocycles. The fourth-order valence-corrected chi connectivity index (χ4v) is 5.68. The number of benzene rings is 2. The Morgan fingerprint density at radius 3 is 2.30 bits per heavy atom. The van der Waals surface area contributed by atoms with Gasteiger partial charge < -0.3 is 0 Å². The molecule has 0 unspecified atom stereocenters. The second-order valence-corrected chi connectivity index (χ2v) is 9.45. The topological polar surface area (TPSA) is 75.0 Å². The zero-order chi connectivity index (χ0) is 19.8. The van der Waals surface area contributed by atoms with Crippen LogP contribution in [0.4, 0.5) is 0 Å². The zero-order valence-corrected chi connectivity index (χ0v) is 16.6. The molecule has 0 heterocycles. The van der Waals surface area contributed by atoms with Crippen LogP contribution in [0.25, 0.3) is 0 Å². The summed E-state index contributed by atoms with van der Waals surface area (Å²) in [5.41, 5.74) is 0.391. The summed E-state index contributed by atoms with van der Waals surface area (Å²) in [5.74, 6) is -0.325. The number of aryl methyl sites for hydroxylation is 1. The molecule has 0 radical (unpaired) electrons. The molecule has 1 aliphatic rings. The molecule has 1 fully saturated rings. The van der Waals surface area contributed by atoms with Gasteiger partial charge in [-0.25, -0.2) is 8.42 Å². The smallest absolute Gasteiger partial charge is 0.206 e. The molecule has 3 rings (SSSR count). The number of carbonyl (C=O) groups excluding carboxylic acids is 1. The monoisotopic (exact) mass is 381 g/mol. The molecule has 0 bridgehead atoms. The van der Waals surface area contributed by atoms with Crippen LogP contribution in [0.3, 0.4) is 0 Å². The summed E-state index contributed by atoms with van der Waals surface area (Å²) in [6, 6.07) is 15.7. The van der Waals surface area contributed by atoms with Gasteiger partial charge in [0, 0.05) is 12.3 Å². The van der Waals surface area contributed by atoms with Crippen molar-refractivity contribution in [1.29, 1.82) is 5.26 Å². The summed E-state index contributed by atoms with van der Waals surface area (Å²) in [6.07, 6.45) is 1.04. The number of hydrogen-bond donors (Lipinski definition) is 0. The average molecular weight is 381 g/mol. The van der Waals surface area contributed by atoms with E-state index in [1.165, 1.54) is 0 Å². The SMILES string of the molecule is Cc1ccc(S(=O)(=O)c2ccccc2[C@](C)(C#N)[C@H]2CCC(=O)[C@@H]2C)cc1. The first-order valence-electron chi connectivity index (χ1n) is 9.07. The van der Waals surface area contributed by atoms with Crippen molar-refractivity contribution in [2.24, 2.45) is 11.8 Å². The van der Waals surface area contributed by atoms with Gasteiger partial charge in [-0.3, -0.25) is 4.79 Å². The minimum atomic E-state index is -3.78. The highest BCUT2D eigenvalue weighted by Crippen LogP contribution is 2.46. The number of nitriles is 1. The van der Waals surface area contributed by atoms with Crippen molar-refractivity contribution in [1.82, 2.24) is 0 Å². The largest absolute Gasteiger partial charge is 0.299 e. The van der Waals surface area contributed by atoms with E-state index < -0.39 is 15.3 Å². The molecule has 0 amide bonds. The minimum absolute atomic E-state index is 0.139. The van der Waals surface area contributed by atoms with E-state index in [1.807, 2.05) is 13.8 Å². The summed E-state index contributed by atoms with van der Waals surface area (Å²) in [7, 11) is -3.78. The van der Waals surface area contributed by atoms with Gasteiger partial charge in [0.25, 0.3) is 0 Å². The summed E-state index contributed by atoms with van der Waals surface area (Å²) < 4.78 is 26.6. The highest BCUT2D eigenvalue weighted by atomic mass is 32.2. The number of ketones is 1. The maximum atomic E-state index is 13.3. The van der Waals surface area contributed by atoms with Crippen molar-refractivity contribution in [3.8, 4) is 6.07 Å². The van der Waals surface area contributed by atoms with Crippen LogP contribution in [-0.4, -0.2) is 14.2 Å². The van der Waals surface area contributed by atoms with Crippen molar-refractivity contribution < 1.29 is 13.2 Å². The van der Waals surface area contributed by atoms with E-state index in [0.717, 1.165) is 5.56 Å². The molecule has 1 aliphatic carbocycles. The van der Waals surface area contributed by atoms with Gasteiger partial charge in [-0.15, -0.1) is 0 Å². The molecule has 0 spiro atoms. The molecule has 3 atom stereocenters. The van der Waals surface area contributed by atoms with Crippen LogP contribution in [0.5, 0.6) is 0 Å². The summed E-state index contributed by atoms with van der Waals surface area (Å²) in [4.78, 5) is 12.4. The molecule has 140 valence electrons. The van der Waals surface area contributed by atoms with Gasteiger partial charge in [0.2, 0.25) is 9.84 Å². The Bertz CT molecular complexity index is 1020. The second kappa shape index (κ2) is 6.94. The van der Waals surface area contributed by atoms with Gasteiger partial charge in [0.05, 0.1) is 21.3 Å². The lowest BCUT2D eigenvalue weighted by Crippen LogP contribution is -2.35. The molecule has 4 nitrogen and oxygen atoms in total. The van der Waals surface area contributed by atoms with Crippen LogP contribution in [-0.2, 0) is 20.0 Å². The minimum Gasteiger partial charge on any atom is -0.299 e. The third kappa shape index (κ3) is 3.19. The van der Waals surface area contributed by atoms with Crippen LogP contribution in [0.15, 0.2) is 58.3 Å². The molecular weight excluding hydrogens is 358 g/mol. The predicted molar refractivity (Wildman–Crippen MR) is 103 cm³/mol. The van der Waals surface area contributed by atoms with E-state index in [9.17, 15) is 18.5 Å². The third-order valence-electron chi connectivity index (χ3n) is 5.85. The summed E-state index contributed by atoms with van der Waals surface area (Å²) >= 11 is 0. The number of nitrogens with zero attached hydrogens (tertiary/aromatic N) is 1. The van der Waals surface area contributed by atoms with E-state index >= 15 is 0 Å². The molecular formula is C22H23NO3S. The van der Waals surface area contributed by atoms with Gasteiger partial charge in [-0.2, -0.15) is 5.26 Å². The standard InChI is InChI=1S/C22H23NO3S/c1-15-8-10-17(11-9-15)27(25,26)21-7-5-4-6-19(21)22(3,14-23)18-12-13-20(24)16(18)2/h4-11,16,18H,12-13H2,1-3H3/t16-,18+,22-/m1/s1. The lowest BCUT2D eigenvalue weighted by atomic mass is 9.69. The first kappa shape index (κ1) is 19.3. The van der Waals surface area contributed by atoms with Crippen LogP contribution in [0.1, 0.15) is 37.8 Å². The molecule has 0 saturated heterocycles. The normalized spacial score (nSPS) is 22.2. The van der Waals surface area contributed by atoms with E-state index in [2.05, 4.69) is 6.07 Å². The number of hydrogen-bond acceptors (Lipinski definition) is 4. The third-order valence-corrected chi connectivity index (χ3v) is 7.68. The fourth-order valence-electron chi connectivity index (χ4n) is 4.11. The van der Waals surface area contributed by atoms with Crippen molar-refractivity contribution in [2.75, 3.05) is 0 Å². The fraction of sp³-hybridized carbons (Fsp3) is 0.364. The van der Waals surface area contributed by atoms with E-state index in [1.54, 1.807) is 55.5 Å². The summed E-state index contributed by atoms with van der Waals surface area (Å²) in [5, 5.41) is 10.0. The Hall–Kier alpha value is -2.45. The zero-order valence-electron chi connectivity index (χ0n) is 15.8. The highest BCUT2D eigenvalue weighted by molar-refractivity contribution is 7.91. The lowest BCUT2D eigenvalue weighted by Gasteiger charge is -2.33. The van der Waals surface area contributed by atoms with Crippen molar-refractivity contribution in [3.63, 3.8) is 0 Å². The van der Waals surface area contributed by atoms with Crippen LogP contribution >= 0.6 is 0 Å². The van der Waals surface area contributed by atoms with E-state index in [4.69, 9.17) is 0 Å². The highest BCUT2D eigenvalue weighted by Gasteiger charge is 2.47.